The van der Waals surface area contributed by atoms with Gasteiger partial charge in [-0.1, -0.05) is 30.3 Å². The van der Waals surface area contributed by atoms with E-state index in [4.69, 9.17) is 14.2 Å². The Bertz CT molecular complexity index is 1610. The van der Waals surface area contributed by atoms with E-state index in [1.165, 1.54) is 12.1 Å². The first-order valence-electron chi connectivity index (χ1n) is 11.3. The largest absolute Gasteiger partial charge is 0.496 e. The number of hydrogen-bond acceptors (Lipinski definition) is 8. The topological polar surface area (TPSA) is 117 Å². The van der Waals surface area contributed by atoms with Gasteiger partial charge in [0.2, 0.25) is 15.9 Å². The van der Waals surface area contributed by atoms with Crippen LogP contribution in [0.15, 0.2) is 95.9 Å². The molecule has 0 saturated carbocycles. The normalized spacial score (nSPS) is 11.4. The summed E-state index contributed by atoms with van der Waals surface area (Å²) in [5.74, 6) is 2.64. The highest BCUT2D eigenvalue weighted by Crippen LogP contribution is 2.28. The zero-order chi connectivity index (χ0) is 25.7. The summed E-state index contributed by atoms with van der Waals surface area (Å²) in [5, 5.41) is 12.8. The molecule has 0 fully saturated rings. The van der Waals surface area contributed by atoms with Crippen LogP contribution in [0.5, 0.6) is 23.1 Å². The molecular formula is C26H23N5O5S. The summed E-state index contributed by atoms with van der Waals surface area (Å²) in [4.78, 5) is 0.124. The molecule has 10 nitrogen and oxygen atoms in total. The van der Waals surface area contributed by atoms with Crippen LogP contribution in [0.2, 0.25) is 0 Å². The van der Waals surface area contributed by atoms with Crippen molar-refractivity contribution in [1.82, 2.24) is 24.5 Å². The van der Waals surface area contributed by atoms with E-state index in [9.17, 15) is 8.42 Å². The van der Waals surface area contributed by atoms with Crippen molar-refractivity contribution < 1.29 is 22.6 Å². The quantitative estimate of drug-likeness (QED) is 0.277. The number of para-hydroxylation sites is 2. The summed E-state index contributed by atoms with van der Waals surface area (Å²) in [6.45, 7) is 0.116. The molecule has 5 rings (SSSR count). The molecule has 11 heteroatoms. The van der Waals surface area contributed by atoms with E-state index >= 15 is 0 Å². The summed E-state index contributed by atoms with van der Waals surface area (Å²) < 4.78 is 46.2. The molecule has 188 valence electrons. The predicted octanol–water partition coefficient (Wildman–Crippen LogP) is 3.95. The van der Waals surface area contributed by atoms with Gasteiger partial charge in [0.05, 0.1) is 17.6 Å². The van der Waals surface area contributed by atoms with Gasteiger partial charge in [-0.25, -0.2) is 13.1 Å². The molecule has 0 aliphatic heterocycles. The van der Waals surface area contributed by atoms with Crippen molar-refractivity contribution >= 4 is 15.7 Å². The lowest BCUT2D eigenvalue weighted by Gasteiger charge is -2.10. The molecule has 2 heterocycles. The molecule has 0 unspecified atom stereocenters. The third-order valence-electron chi connectivity index (χ3n) is 5.34. The van der Waals surface area contributed by atoms with Crippen LogP contribution in [0.1, 0.15) is 0 Å². The number of rotatable bonds is 10. The number of sulfonamides is 1. The summed E-state index contributed by atoms with van der Waals surface area (Å²) in [5.41, 5.74) is 1.27. The van der Waals surface area contributed by atoms with Crippen molar-refractivity contribution in [3.8, 4) is 34.5 Å². The number of hydrogen-bond donors (Lipinski definition) is 1. The van der Waals surface area contributed by atoms with Crippen molar-refractivity contribution in [3.05, 3.63) is 91.0 Å². The third kappa shape index (κ3) is 5.52. The first-order chi connectivity index (χ1) is 18.0. The Labute approximate surface area is 213 Å². The molecule has 0 saturated heterocycles. The zero-order valence-corrected chi connectivity index (χ0v) is 20.6. The summed E-state index contributed by atoms with van der Waals surface area (Å²) in [6.07, 6.45) is 0. The number of ether oxygens (including phenoxy) is 3. The lowest BCUT2D eigenvalue weighted by atomic mass is 10.2. The van der Waals surface area contributed by atoms with Crippen LogP contribution >= 0.6 is 0 Å². The van der Waals surface area contributed by atoms with Gasteiger partial charge in [0.15, 0.2) is 11.5 Å². The highest BCUT2D eigenvalue weighted by atomic mass is 32.2. The molecule has 0 bridgehead atoms. The second-order valence-electron chi connectivity index (χ2n) is 7.80. The Hall–Kier alpha value is -4.48. The fourth-order valence-electron chi connectivity index (χ4n) is 3.57. The van der Waals surface area contributed by atoms with Crippen LogP contribution in [-0.2, 0) is 10.0 Å². The van der Waals surface area contributed by atoms with E-state index in [1.54, 1.807) is 35.9 Å². The number of nitrogens with one attached hydrogen (secondary N) is 1. The number of methoxy groups -OCH3 is 1. The van der Waals surface area contributed by atoms with E-state index in [-0.39, 0.29) is 18.0 Å². The fraction of sp³-hybridized carbons (Fsp3) is 0.115. The first-order valence-corrected chi connectivity index (χ1v) is 12.8. The molecule has 3 aromatic carbocycles. The average molecular weight is 518 g/mol. The molecule has 1 N–H and O–H groups in total. The van der Waals surface area contributed by atoms with Crippen LogP contribution in [0, 0.1) is 0 Å². The molecule has 0 spiro atoms. The molecule has 0 atom stereocenters. The van der Waals surface area contributed by atoms with E-state index in [2.05, 4.69) is 20.0 Å². The molecule has 0 aliphatic carbocycles. The molecule has 0 amide bonds. The highest BCUT2D eigenvalue weighted by Gasteiger charge is 2.16. The molecule has 37 heavy (non-hydrogen) atoms. The molecular weight excluding hydrogens is 494 g/mol. The second kappa shape index (κ2) is 10.6. The Morgan fingerprint density at radius 1 is 0.838 bits per heavy atom. The number of benzene rings is 3. The Balaban J connectivity index is 1.20. The molecule has 2 aromatic heterocycles. The van der Waals surface area contributed by atoms with Gasteiger partial charge in [-0.15, -0.1) is 15.3 Å². The number of fused-ring (bicyclic) bond motifs is 1. The number of aromatic nitrogens is 4. The van der Waals surface area contributed by atoms with Gasteiger partial charge in [-0.05, 0) is 54.6 Å². The van der Waals surface area contributed by atoms with Crippen molar-refractivity contribution in [2.24, 2.45) is 0 Å². The lowest BCUT2D eigenvalue weighted by Crippen LogP contribution is -2.28. The summed E-state index contributed by atoms with van der Waals surface area (Å²) in [7, 11) is -2.14. The maximum absolute atomic E-state index is 12.7. The van der Waals surface area contributed by atoms with E-state index in [0.717, 1.165) is 5.56 Å². The fourth-order valence-corrected chi connectivity index (χ4v) is 4.59. The maximum Gasteiger partial charge on any atom is 0.240 e. The average Bonchev–Trinajstić information content (AvgIpc) is 3.35. The van der Waals surface area contributed by atoms with Crippen LogP contribution in [-0.4, -0.2) is 48.5 Å². The summed E-state index contributed by atoms with van der Waals surface area (Å²) in [6, 6.07) is 26.2. The van der Waals surface area contributed by atoms with Crippen LogP contribution in [0.3, 0.4) is 0 Å². The minimum atomic E-state index is -3.73. The maximum atomic E-state index is 12.7. The van der Waals surface area contributed by atoms with E-state index < -0.39 is 10.0 Å². The Morgan fingerprint density at radius 3 is 2.35 bits per heavy atom. The van der Waals surface area contributed by atoms with Gasteiger partial charge in [0.25, 0.3) is 0 Å². The third-order valence-corrected chi connectivity index (χ3v) is 6.82. The van der Waals surface area contributed by atoms with Crippen molar-refractivity contribution in [3.63, 3.8) is 0 Å². The van der Waals surface area contributed by atoms with E-state index in [1.807, 2.05) is 54.6 Å². The molecule has 5 aromatic rings. The van der Waals surface area contributed by atoms with Crippen LogP contribution in [0.25, 0.3) is 17.0 Å². The highest BCUT2D eigenvalue weighted by molar-refractivity contribution is 7.89. The number of nitrogens with zero attached hydrogens (tertiary/aromatic N) is 4. The second-order valence-corrected chi connectivity index (χ2v) is 9.57. The molecule has 0 aliphatic rings. The minimum Gasteiger partial charge on any atom is -0.496 e. The summed E-state index contributed by atoms with van der Waals surface area (Å²) >= 11 is 0. The smallest absolute Gasteiger partial charge is 0.240 e. The van der Waals surface area contributed by atoms with Crippen molar-refractivity contribution in [1.29, 1.82) is 0 Å². The van der Waals surface area contributed by atoms with Crippen molar-refractivity contribution in [2.45, 2.75) is 4.90 Å². The minimum absolute atomic E-state index is 0.0475. The van der Waals surface area contributed by atoms with Crippen LogP contribution in [0.4, 0.5) is 0 Å². The van der Waals surface area contributed by atoms with Gasteiger partial charge in [0.1, 0.15) is 23.9 Å². The standard InChI is InChI=1S/C26H23N5O5S/c1-34-23-10-6-5-9-22(23)26-29-28-24-15-16-25(30-31(24)26)35-18-17-27-37(32,33)21-13-11-20(12-14-21)36-19-7-3-2-4-8-19/h2-16,27H,17-18H2,1H3. The van der Waals surface area contributed by atoms with Gasteiger partial charge in [-0.3, -0.25) is 0 Å². The molecule has 0 radical (unpaired) electrons. The predicted molar refractivity (Wildman–Crippen MR) is 136 cm³/mol. The SMILES string of the molecule is COc1ccccc1-c1nnc2ccc(OCCNS(=O)(=O)c3ccc(Oc4ccccc4)cc3)nn12. The van der Waals surface area contributed by atoms with Gasteiger partial charge < -0.3 is 14.2 Å². The monoisotopic (exact) mass is 517 g/mol. The van der Waals surface area contributed by atoms with E-state index in [0.29, 0.717) is 34.6 Å². The zero-order valence-electron chi connectivity index (χ0n) is 19.8. The Morgan fingerprint density at radius 2 is 1.57 bits per heavy atom. The van der Waals surface area contributed by atoms with Crippen molar-refractivity contribution in [2.75, 3.05) is 20.3 Å². The van der Waals surface area contributed by atoms with Gasteiger partial charge in [-0.2, -0.15) is 4.52 Å². The lowest BCUT2D eigenvalue weighted by molar-refractivity contribution is 0.306. The first kappa shape index (κ1) is 24.2. The van der Waals surface area contributed by atoms with Crippen LogP contribution < -0.4 is 18.9 Å². The van der Waals surface area contributed by atoms with Gasteiger partial charge in [0, 0.05) is 12.6 Å². The Kier molecular flexibility index (Phi) is 6.97. The van der Waals surface area contributed by atoms with Gasteiger partial charge >= 0.3 is 0 Å².